The number of nitrogen functional groups attached to an aromatic ring is 1. The van der Waals surface area contributed by atoms with Crippen LogP contribution in [0.2, 0.25) is 0 Å². The lowest BCUT2D eigenvalue weighted by molar-refractivity contribution is -0.116. The van der Waals surface area contributed by atoms with Crippen molar-refractivity contribution in [2.45, 2.75) is 6.42 Å². The highest BCUT2D eigenvalue weighted by molar-refractivity contribution is 5.90. The summed E-state index contributed by atoms with van der Waals surface area (Å²) in [7, 11) is 0. The number of hydrogen-bond donors (Lipinski definition) is 2. The molecule has 21 heavy (non-hydrogen) atoms. The van der Waals surface area contributed by atoms with Crippen LogP contribution in [-0.2, 0) is 4.79 Å². The number of amides is 1. The maximum absolute atomic E-state index is 13.0. The molecule has 6 heteroatoms. The summed E-state index contributed by atoms with van der Waals surface area (Å²) in [6.07, 6.45) is 0.0628. The standard InChI is InChI=1S/C15H14F2N2O2/c16-11-6-5-10(9-12(11)17)19-15(20)7-8-21-14-4-2-1-3-13(14)18/h1-6,9H,7-8,18H2,(H,19,20). The number of nitrogens with two attached hydrogens (primary N) is 1. The van der Waals surface area contributed by atoms with Gasteiger partial charge in [-0.1, -0.05) is 12.1 Å². The molecule has 0 heterocycles. The molecule has 1 amide bonds. The monoisotopic (exact) mass is 292 g/mol. The Morgan fingerprint density at radius 2 is 1.90 bits per heavy atom. The first-order valence-corrected chi connectivity index (χ1v) is 6.28. The fraction of sp³-hybridized carbons (Fsp3) is 0.133. The van der Waals surface area contributed by atoms with Crippen molar-refractivity contribution in [1.82, 2.24) is 0 Å². The SMILES string of the molecule is Nc1ccccc1OCCC(=O)Nc1ccc(F)c(F)c1. The maximum atomic E-state index is 13.0. The lowest BCUT2D eigenvalue weighted by atomic mass is 10.3. The minimum Gasteiger partial charge on any atom is -0.491 e. The van der Waals surface area contributed by atoms with Crippen molar-refractivity contribution in [2.75, 3.05) is 17.7 Å². The largest absolute Gasteiger partial charge is 0.491 e. The van der Waals surface area contributed by atoms with E-state index in [2.05, 4.69) is 5.32 Å². The predicted molar refractivity (Wildman–Crippen MR) is 76.0 cm³/mol. The van der Waals surface area contributed by atoms with E-state index in [1.165, 1.54) is 6.07 Å². The van der Waals surface area contributed by atoms with Gasteiger partial charge in [-0.15, -0.1) is 0 Å². The smallest absolute Gasteiger partial charge is 0.227 e. The Morgan fingerprint density at radius 3 is 2.62 bits per heavy atom. The number of halogens is 2. The summed E-state index contributed by atoms with van der Waals surface area (Å²) in [6, 6.07) is 10.1. The van der Waals surface area contributed by atoms with Gasteiger partial charge < -0.3 is 15.8 Å². The lowest BCUT2D eigenvalue weighted by Gasteiger charge is -2.09. The quantitative estimate of drug-likeness (QED) is 0.833. The fourth-order valence-corrected chi connectivity index (χ4v) is 1.66. The molecule has 0 radical (unpaired) electrons. The number of benzene rings is 2. The summed E-state index contributed by atoms with van der Waals surface area (Å²) in [6.45, 7) is 0.129. The second-order valence-corrected chi connectivity index (χ2v) is 4.31. The highest BCUT2D eigenvalue weighted by Crippen LogP contribution is 2.19. The van der Waals surface area contributed by atoms with E-state index >= 15 is 0 Å². The number of hydrogen-bond acceptors (Lipinski definition) is 3. The predicted octanol–water partition coefficient (Wildman–Crippen LogP) is 2.95. The van der Waals surface area contributed by atoms with Gasteiger partial charge in [-0.05, 0) is 24.3 Å². The summed E-state index contributed by atoms with van der Waals surface area (Å²) in [4.78, 5) is 11.6. The normalized spacial score (nSPS) is 10.2. The number of para-hydroxylation sites is 2. The summed E-state index contributed by atoms with van der Waals surface area (Å²) in [5, 5.41) is 2.45. The van der Waals surface area contributed by atoms with E-state index in [0.29, 0.717) is 11.4 Å². The number of carbonyl (C=O) groups excluding carboxylic acids is 1. The van der Waals surface area contributed by atoms with Gasteiger partial charge >= 0.3 is 0 Å². The highest BCUT2D eigenvalue weighted by Gasteiger charge is 2.07. The van der Waals surface area contributed by atoms with Crippen LogP contribution in [0, 0.1) is 11.6 Å². The molecule has 0 unspecified atom stereocenters. The maximum Gasteiger partial charge on any atom is 0.227 e. The van der Waals surface area contributed by atoms with Crippen LogP contribution in [0.5, 0.6) is 5.75 Å². The van der Waals surface area contributed by atoms with Crippen LogP contribution in [0.1, 0.15) is 6.42 Å². The molecule has 3 N–H and O–H groups in total. The summed E-state index contributed by atoms with van der Waals surface area (Å²) < 4.78 is 31.1. The van der Waals surface area contributed by atoms with E-state index in [1.54, 1.807) is 24.3 Å². The molecule has 4 nitrogen and oxygen atoms in total. The summed E-state index contributed by atoms with van der Waals surface area (Å²) >= 11 is 0. The molecule has 0 aliphatic carbocycles. The van der Waals surface area contributed by atoms with Gasteiger partial charge in [-0.2, -0.15) is 0 Å². The van der Waals surface area contributed by atoms with Crippen LogP contribution in [0.3, 0.4) is 0 Å². The third-order valence-electron chi connectivity index (χ3n) is 2.71. The van der Waals surface area contributed by atoms with Crippen LogP contribution in [-0.4, -0.2) is 12.5 Å². The van der Waals surface area contributed by atoms with E-state index in [1.807, 2.05) is 0 Å². The zero-order valence-corrected chi connectivity index (χ0v) is 11.1. The molecule has 0 aliphatic heterocycles. The Balaban J connectivity index is 1.82. The zero-order chi connectivity index (χ0) is 15.2. The van der Waals surface area contributed by atoms with Crippen LogP contribution in [0.4, 0.5) is 20.2 Å². The van der Waals surface area contributed by atoms with Crippen molar-refractivity contribution in [3.8, 4) is 5.75 Å². The number of anilines is 2. The van der Waals surface area contributed by atoms with Crippen molar-refractivity contribution < 1.29 is 18.3 Å². The van der Waals surface area contributed by atoms with Crippen molar-refractivity contribution in [2.24, 2.45) is 0 Å². The van der Waals surface area contributed by atoms with E-state index in [4.69, 9.17) is 10.5 Å². The van der Waals surface area contributed by atoms with Gasteiger partial charge in [-0.25, -0.2) is 8.78 Å². The molecule has 2 aromatic rings. The van der Waals surface area contributed by atoms with Gasteiger partial charge in [0.25, 0.3) is 0 Å². The second kappa shape index (κ2) is 6.69. The molecule has 0 fully saturated rings. The third kappa shape index (κ3) is 4.17. The van der Waals surface area contributed by atoms with Crippen LogP contribution in [0.15, 0.2) is 42.5 Å². The third-order valence-corrected chi connectivity index (χ3v) is 2.71. The molecule has 0 saturated heterocycles. The molecular weight excluding hydrogens is 278 g/mol. The average molecular weight is 292 g/mol. The first-order valence-electron chi connectivity index (χ1n) is 6.28. The highest BCUT2D eigenvalue weighted by atomic mass is 19.2. The molecule has 0 aliphatic rings. The van der Waals surface area contributed by atoms with Gasteiger partial charge in [0.05, 0.1) is 18.7 Å². The summed E-state index contributed by atoms with van der Waals surface area (Å²) in [5.41, 5.74) is 6.37. The number of ether oxygens (including phenoxy) is 1. The van der Waals surface area contributed by atoms with Gasteiger partial charge in [0.1, 0.15) is 5.75 Å². The van der Waals surface area contributed by atoms with Crippen LogP contribution in [0.25, 0.3) is 0 Å². The second-order valence-electron chi connectivity index (χ2n) is 4.31. The lowest BCUT2D eigenvalue weighted by Crippen LogP contribution is -2.15. The van der Waals surface area contributed by atoms with Gasteiger partial charge in [0.2, 0.25) is 5.91 Å². The minimum atomic E-state index is -1.01. The molecule has 0 spiro atoms. The molecule has 0 aromatic heterocycles. The number of carbonyl (C=O) groups is 1. The topological polar surface area (TPSA) is 64.3 Å². The molecule has 2 rings (SSSR count). The molecule has 110 valence electrons. The molecular formula is C15H14F2N2O2. The zero-order valence-electron chi connectivity index (χ0n) is 11.1. The van der Waals surface area contributed by atoms with Crippen molar-refractivity contribution >= 4 is 17.3 Å². The Morgan fingerprint density at radius 1 is 1.14 bits per heavy atom. The Kier molecular flexibility index (Phi) is 4.71. The first kappa shape index (κ1) is 14.8. The number of nitrogens with one attached hydrogen (secondary N) is 1. The molecule has 0 saturated carbocycles. The van der Waals surface area contributed by atoms with E-state index in [0.717, 1.165) is 12.1 Å². The van der Waals surface area contributed by atoms with E-state index in [9.17, 15) is 13.6 Å². The van der Waals surface area contributed by atoms with Crippen molar-refractivity contribution in [3.05, 3.63) is 54.1 Å². The van der Waals surface area contributed by atoms with Gasteiger partial charge in [-0.3, -0.25) is 4.79 Å². The fourth-order valence-electron chi connectivity index (χ4n) is 1.66. The molecule has 0 bridgehead atoms. The van der Waals surface area contributed by atoms with Crippen molar-refractivity contribution in [1.29, 1.82) is 0 Å². The first-order chi connectivity index (χ1) is 10.1. The molecule has 2 aromatic carbocycles. The minimum absolute atomic E-state index is 0.0628. The Bertz CT molecular complexity index is 647. The number of rotatable bonds is 5. The van der Waals surface area contributed by atoms with Crippen LogP contribution < -0.4 is 15.8 Å². The van der Waals surface area contributed by atoms with E-state index in [-0.39, 0.29) is 24.6 Å². The van der Waals surface area contributed by atoms with Gasteiger partial charge in [0.15, 0.2) is 11.6 Å². The van der Waals surface area contributed by atoms with Crippen LogP contribution >= 0.6 is 0 Å². The van der Waals surface area contributed by atoms with E-state index < -0.39 is 11.6 Å². The Labute approximate surface area is 120 Å². The summed E-state index contributed by atoms with van der Waals surface area (Å²) in [5.74, 6) is -1.84. The van der Waals surface area contributed by atoms with Crippen molar-refractivity contribution in [3.63, 3.8) is 0 Å². The Hall–Kier alpha value is -2.63. The van der Waals surface area contributed by atoms with Gasteiger partial charge in [0, 0.05) is 11.8 Å². The average Bonchev–Trinajstić information content (AvgIpc) is 2.45. The molecule has 0 atom stereocenters.